The number of ketones is 2. The number of fused-ring (bicyclic) bond motifs is 1. The molecule has 2 aromatic carbocycles. The minimum Gasteiger partial charge on any atom is -0.494 e. The van der Waals surface area contributed by atoms with Gasteiger partial charge in [-0.05, 0) is 42.5 Å². The summed E-state index contributed by atoms with van der Waals surface area (Å²) in [6.07, 6.45) is 1.81. The molecule has 0 bridgehead atoms. The molecule has 0 radical (unpaired) electrons. The molecule has 2 aromatic heterocycles. The molecule has 2 heterocycles. The highest BCUT2D eigenvalue weighted by atomic mass is 16.5. The zero-order valence-electron chi connectivity index (χ0n) is 19.2. The molecule has 0 spiro atoms. The van der Waals surface area contributed by atoms with Crippen molar-refractivity contribution >= 4 is 22.5 Å². The lowest BCUT2D eigenvalue weighted by molar-refractivity contribution is 0.0915. The van der Waals surface area contributed by atoms with Gasteiger partial charge in [-0.25, -0.2) is 4.98 Å². The number of ether oxygens (including phenoxy) is 3. The number of aromatic nitrogens is 2. The SMILES string of the molecule is COc1ccc(C(=O)CCC(=O)c2ccc(OC)c(-c3cccc4ncccc34)n2)cc1OC. The monoisotopic (exact) mass is 456 g/mol. The van der Waals surface area contributed by atoms with Gasteiger partial charge in [0.15, 0.2) is 23.1 Å². The van der Waals surface area contributed by atoms with E-state index >= 15 is 0 Å². The second kappa shape index (κ2) is 10.1. The maximum atomic E-state index is 12.9. The Morgan fingerprint density at radius 2 is 1.50 bits per heavy atom. The van der Waals surface area contributed by atoms with Gasteiger partial charge in [-0.2, -0.15) is 0 Å². The lowest BCUT2D eigenvalue weighted by Gasteiger charge is -2.12. The molecule has 0 amide bonds. The first-order valence-electron chi connectivity index (χ1n) is 10.7. The molecule has 0 aliphatic heterocycles. The fraction of sp³-hybridized carbons (Fsp3) is 0.185. The molecule has 0 unspecified atom stereocenters. The van der Waals surface area contributed by atoms with Crippen LogP contribution in [0.5, 0.6) is 17.2 Å². The normalized spacial score (nSPS) is 10.7. The van der Waals surface area contributed by atoms with E-state index in [1.807, 2.05) is 30.3 Å². The van der Waals surface area contributed by atoms with Crippen molar-refractivity contribution in [3.63, 3.8) is 0 Å². The maximum absolute atomic E-state index is 12.9. The van der Waals surface area contributed by atoms with Crippen molar-refractivity contribution in [3.8, 4) is 28.5 Å². The quantitative estimate of drug-likeness (QED) is 0.321. The van der Waals surface area contributed by atoms with Crippen LogP contribution in [0.2, 0.25) is 0 Å². The highest BCUT2D eigenvalue weighted by molar-refractivity contribution is 6.02. The Morgan fingerprint density at radius 1 is 0.765 bits per heavy atom. The van der Waals surface area contributed by atoms with E-state index in [1.165, 1.54) is 14.2 Å². The number of carbonyl (C=O) groups is 2. The van der Waals surface area contributed by atoms with E-state index in [0.717, 1.165) is 16.5 Å². The van der Waals surface area contributed by atoms with E-state index in [-0.39, 0.29) is 30.1 Å². The molecular weight excluding hydrogens is 432 g/mol. The molecule has 0 atom stereocenters. The third-order valence-corrected chi connectivity index (χ3v) is 5.55. The van der Waals surface area contributed by atoms with Crippen LogP contribution in [-0.2, 0) is 0 Å². The maximum Gasteiger partial charge on any atom is 0.181 e. The molecule has 7 nitrogen and oxygen atoms in total. The van der Waals surface area contributed by atoms with E-state index in [1.54, 1.807) is 43.6 Å². The average molecular weight is 456 g/mol. The smallest absolute Gasteiger partial charge is 0.181 e. The fourth-order valence-electron chi connectivity index (χ4n) is 3.78. The summed E-state index contributed by atoms with van der Waals surface area (Å²) in [7, 11) is 4.60. The van der Waals surface area contributed by atoms with Crippen LogP contribution < -0.4 is 14.2 Å². The second-order valence-corrected chi connectivity index (χ2v) is 7.54. The summed E-state index contributed by atoms with van der Waals surface area (Å²) in [5.74, 6) is 1.16. The summed E-state index contributed by atoms with van der Waals surface area (Å²) in [5, 5.41) is 0.907. The standard InChI is InChI=1S/C27H24N2O5/c1-32-24-13-9-17(16-26(24)34-3)22(30)11-12-23(31)21-10-14-25(33-2)27(29-21)19-6-4-8-20-18(19)7-5-15-28-20/h4-10,13-16H,11-12H2,1-3H3. The lowest BCUT2D eigenvalue weighted by Crippen LogP contribution is -2.08. The summed E-state index contributed by atoms with van der Waals surface area (Å²) in [4.78, 5) is 34.6. The summed E-state index contributed by atoms with van der Waals surface area (Å²) in [6, 6.07) is 17.8. The Hall–Kier alpha value is -4.26. The largest absolute Gasteiger partial charge is 0.494 e. The first kappa shape index (κ1) is 22.9. The first-order valence-corrected chi connectivity index (χ1v) is 10.7. The van der Waals surface area contributed by atoms with Crippen molar-refractivity contribution in [1.29, 1.82) is 0 Å². The molecule has 0 saturated heterocycles. The minimum atomic E-state index is -0.226. The van der Waals surface area contributed by atoms with Crippen LogP contribution in [0.4, 0.5) is 0 Å². The average Bonchev–Trinajstić information content (AvgIpc) is 2.90. The Kier molecular flexibility index (Phi) is 6.82. The number of nitrogens with zero attached hydrogens (tertiary/aromatic N) is 2. The molecule has 172 valence electrons. The van der Waals surface area contributed by atoms with Crippen molar-refractivity contribution in [2.75, 3.05) is 21.3 Å². The first-order chi connectivity index (χ1) is 16.5. The number of hydrogen-bond acceptors (Lipinski definition) is 7. The third kappa shape index (κ3) is 4.59. The van der Waals surface area contributed by atoms with Crippen LogP contribution in [-0.4, -0.2) is 42.9 Å². The van der Waals surface area contributed by atoms with Gasteiger partial charge in [0.1, 0.15) is 17.1 Å². The number of pyridine rings is 2. The summed E-state index contributed by atoms with van der Waals surface area (Å²) in [5.41, 5.74) is 2.92. The predicted molar refractivity (Wildman–Crippen MR) is 129 cm³/mol. The van der Waals surface area contributed by atoms with E-state index in [4.69, 9.17) is 14.2 Å². The number of Topliss-reactive ketones (excluding diaryl/α,β-unsaturated/α-hetero) is 2. The lowest BCUT2D eigenvalue weighted by atomic mass is 10.0. The van der Waals surface area contributed by atoms with Crippen LogP contribution in [0.1, 0.15) is 33.7 Å². The topological polar surface area (TPSA) is 87.6 Å². The van der Waals surface area contributed by atoms with Crippen LogP contribution in [0, 0.1) is 0 Å². The van der Waals surface area contributed by atoms with Gasteiger partial charge in [-0.1, -0.05) is 18.2 Å². The number of rotatable bonds is 9. The zero-order valence-corrected chi connectivity index (χ0v) is 19.2. The van der Waals surface area contributed by atoms with E-state index < -0.39 is 0 Å². The molecule has 0 aliphatic rings. The van der Waals surface area contributed by atoms with Gasteiger partial charge in [0.25, 0.3) is 0 Å². The van der Waals surface area contributed by atoms with Crippen molar-refractivity contribution in [3.05, 3.63) is 78.1 Å². The molecule has 4 rings (SSSR count). The van der Waals surface area contributed by atoms with Gasteiger partial charge < -0.3 is 14.2 Å². The molecule has 34 heavy (non-hydrogen) atoms. The Bertz CT molecular complexity index is 1360. The van der Waals surface area contributed by atoms with Gasteiger partial charge in [0.2, 0.25) is 0 Å². The van der Waals surface area contributed by atoms with Gasteiger partial charge >= 0.3 is 0 Å². The number of hydrogen-bond donors (Lipinski definition) is 0. The van der Waals surface area contributed by atoms with Crippen molar-refractivity contribution < 1.29 is 23.8 Å². The third-order valence-electron chi connectivity index (χ3n) is 5.55. The second-order valence-electron chi connectivity index (χ2n) is 7.54. The Morgan fingerprint density at radius 3 is 2.26 bits per heavy atom. The van der Waals surface area contributed by atoms with Crippen molar-refractivity contribution in [2.45, 2.75) is 12.8 Å². The molecule has 7 heteroatoms. The molecule has 0 N–H and O–H groups in total. The Labute approximate surface area is 197 Å². The van der Waals surface area contributed by atoms with Crippen LogP contribution in [0.15, 0.2) is 66.9 Å². The predicted octanol–water partition coefficient (Wildman–Crippen LogP) is 5.17. The van der Waals surface area contributed by atoms with Crippen LogP contribution in [0.3, 0.4) is 0 Å². The molecule has 0 saturated carbocycles. The summed E-state index contributed by atoms with van der Waals surface area (Å²) >= 11 is 0. The minimum absolute atomic E-state index is 0.0308. The van der Waals surface area contributed by atoms with Crippen LogP contribution >= 0.6 is 0 Å². The highest BCUT2D eigenvalue weighted by Crippen LogP contribution is 2.33. The van der Waals surface area contributed by atoms with E-state index in [0.29, 0.717) is 28.5 Å². The van der Waals surface area contributed by atoms with Gasteiger partial charge in [-0.3, -0.25) is 14.6 Å². The molecular formula is C27H24N2O5. The number of carbonyl (C=O) groups excluding carboxylic acids is 2. The molecule has 4 aromatic rings. The summed E-state index contributed by atoms with van der Waals surface area (Å²) < 4.78 is 16.0. The zero-order chi connectivity index (χ0) is 24.1. The van der Waals surface area contributed by atoms with Gasteiger partial charge in [-0.15, -0.1) is 0 Å². The van der Waals surface area contributed by atoms with Gasteiger partial charge in [0, 0.05) is 35.6 Å². The highest BCUT2D eigenvalue weighted by Gasteiger charge is 2.18. The Balaban J connectivity index is 1.57. The van der Waals surface area contributed by atoms with Crippen molar-refractivity contribution in [1.82, 2.24) is 9.97 Å². The molecule has 0 fully saturated rings. The fourth-order valence-corrected chi connectivity index (χ4v) is 3.78. The van der Waals surface area contributed by atoms with E-state index in [9.17, 15) is 9.59 Å². The number of methoxy groups -OCH3 is 3. The van der Waals surface area contributed by atoms with Crippen LogP contribution in [0.25, 0.3) is 22.2 Å². The number of benzene rings is 2. The van der Waals surface area contributed by atoms with Gasteiger partial charge in [0.05, 0.1) is 26.8 Å². The van der Waals surface area contributed by atoms with Crippen molar-refractivity contribution in [2.24, 2.45) is 0 Å². The summed E-state index contributed by atoms with van der Waals surface area (Å²) in [6.45, 7) is 0. The molecule has 0 aliphatic carbocycles. The van der Waals surface area contributed by atoms with E-state index in [2.05, 4.69) is 9.97 Å².